The molecule has 1 saturated carbocycles. The van der Waals surface area contributed by atoms with Crippen LogP contribution in [0.15, 0.2) is 66.9 Å². The zero-order valence-electron chi connectivity index (χ0n) is 28.7. The molecule has 4 amide bonds. The molecule has 2 aliphatic rings. The van der Waals surface area contributed by atoms with Gasteiger partial charge in [-0.25, -0.2) is 8.78 Å². The molecule has 50 heavy (non-hydrogen) atoms. The van der Waals surface area contributed by atoms with Crippen LogP contribution < -0.4 is 16.0 Å². The topological polar surface area (TPSA) is 129 Å². The number of rotatable bonds is 13. The van der Waals surface area contributed by atoms with Crippen molar-refractivity contribution < 1.29 is 28.0 Å². The molecule has 2 atom stereocenters. The number of nitrogens with one attached hydrogen (secondary N) is 3. The van der Waals surface area contributed by atoms with Crippen molar-refractivity contribution >= 4 is 23.6 Å². The number of alkyl halides is 2. The van der Waals surface area contributed by atoms with Gasteiger partial charge in [0.2, 0.25) is 23.6 Å². The Kier molecular flexibility index (Phi) is 12.3. The van der Waals surface area contributed by atoms with Crippen LogP contribution in [-0.2, 0) is 40.9 Å². The lowest BCUT2D eigenvalue weighted by Gasteiger charge is -2.36. The number of aromatic nitrogens is 2. The van der Waals surface area contributed by atoms with E-state index in [9.17, 15) is 28.0 Å². The minimum Gasteiger partial charge on any atom is -0.350 e. The average Bonchev–Trinajstić information content (AvgIpc) is 3.56. The van der Waals surface area contributed by atoms with Crippen molar-refractivity contribution in [2.75, 3.05) is 26.2 Å². The van der Waals surface area contributed by atoms with Crippen molar-refractivity contribution in [1.82, 2.24) is 35.5 Å². The maximum absolute atomic E-state index is 13.9. The molecule has 1 aliphatic carbocycles. The highest BCUT2D eigenvalue weighted by Crippen LogP contribution is 2.37. The lowest BCUT2D eigenvalue weighted by molar-refractivity contribution is -0.138. The number of aryl methyl sites for hydroxylation is 1. The van der Waals surface area contributed by atoms with Gasteiger partial charge in [0.15, 0.2) is 0 Å². The molecule has 0 radical (unpaired) electrons. The highest BCUT2D eigenvalue weighted by Gasteiger charge is 2.40. The zero-order chi connectivity index (χ0) is 35.7. The number of carbonyl (C=O) groups is 4. The Morgan fingerprint density at radius 2 is 1.54 bits per heavy atom. The molecular weight excluding hydrogens is 644 g/mol. The lowest BCUT2D eigenvalue weighted by Crippen LogP contribution is -2.55. The summed E-state index contributed by atoms with van der Waals surface area (Å²) in [5.74, 6) is -4.46. The summed E-state index contributed by atoms with van der Waals surface area (Å²) in [4.78, 5) is 56.6. The van der Waals surface area contributed by atoms with E-state index in [4.69, 9.17) is 0 Å². The summed E-state index contributed by atoms with van der Waals surface area (Å²) in [6.07, 6.45) is 1.61. The van der Waals surface area contributed by atoms with Gasteiger partial charge in [0, 0.05) is 78.2 Å². The maximum Gasteiger partial charge on any atom is 0.270 e. The first-order chi connectivity index (χ1) is 24.0. The molecule has 2 aromatic carbocycles. The Labute approximate surface area is 291 Å². The van der Waals surface area contributed by atoms with Gasteiger partial charge in [-0.2, -0.15) is 5.10 Å². The molecule has 0 spiro atoms. The molecule has 1 aliphatic heterocycles. The number of hydrogen-bond acceptors (Lipinski definition) is 6. The number of halogens is 2. The van der Waals surface area contributed by atoms with E-state index in [0.717, 1.165) is 30.8 Å². The molecule has 1 saturated heterocycles. The van der Waals surface area contributed by atoms with Crippen LogP contribution in [0.25, 0.3) is 0 Å². The quantitative estimate of drug-likeness (QED) is 0.252. The molecule has 3 N–H and O–H groups in total. The summed E-state index contributed by atoms with van der Waals surface area (Å²) in [5.41, 5.74) is 3.12. The predicted molar refractivity (Wildman–Crippen MR) is 184 cm³/mol. The predicted octanol–water partition coefficient (Wildman–Crippen LogP) is 3.44. The second-order valence-corrected chi connectivity index (χ2v) is 13.3. The van der Waals surface area contributed by atoms with Gasteiger partial charge in [0.1, 0.15) is 17.8 Å². The number of carbonyl (C=O) groups excluding carboxylic acids is 4. The van der Waals surface area contributed by atoms with Crippen LogP contribution in [-0.4, -0.2) is 87.4 Å². The number of benzene rings is 2. The molecule has 11 nitrogen and oxygen atoms in total. The van der Waals surface area contributed by atoms with Crippen molar-refractivity contribution in [3.63, 3.8) is 0 Å². The van der Waals surface area contributed by atoms with Gasteiger partial charge in [-0.1, -0.05) is 61.5 Å². The highest BCUT2D eigenvalue weighted by atomic mass is 19.3. The first-order valence-electron chi connectivity index (χ1n) is 17.4. The molecule has 3 aromatic rings. The molecule has 0 bridgehead atoms. The second kappa shape index (κ2) is 16.8. The van der Waals surface area contributed by atoms with Crippen LogP contribution in [0.3, 0.4) is 0 Å². The van der Waals surface area contributed by atoms with Gasteiger partial charge in [0.25, 0.3) is 5.91 Å². The maximum atomic E-state index is 13.9. The third-order valence-corrected chi connectivity index (χ3v) is 9.67. The van der Waals surface area contributed by atoms with E-state index in [2.05, 4.69) is 38.1 Å². The van der Waals surface area contributed by atoms with Crippen molar-refractivity contribution in [2.45, 2.75) is 76.5 Å². The van der Waals surface area contributed by atoms with E-state index in [-0.39, 0.29) is 56.2 Å². The molecule has 1 aromatic heterocycles. The second-order valence-electron chi connectivity index (χ2n) is 13.3. The van der Waals surface area contributed by atoms with E-state index in [0.29, 0.717) is 19.5 Å². The average molecular weight is 692 g/mol. The Hall–Kier alpha value is -4.65. The van der Waals surface area contributed by atoms with Crippen LogP contribution in [0.1, 0.15) is 66.2 Å². The van der Waals surface area contributed by atoms with Gasteiger partial charge in [-0.3, -0.25) is 28.8 Å². The molecule has 2 heterocycles. The fraction of sp³-hybridized carbons (Fsp3) is 0.486. The van der Waals surface area contributed by atoms with Crippen LogP contribution in [0.5, 0.6) is 0 Å². The van der Waals surface area contributed by atoms with Gasteiger partial charge in [-0.15, -0.1) is 0 Å². The fourth-order valence-electron chi connectivity index (χ4n) is 6.62. The summed E-state index contributed by atoms with van der Waals surface area (Å²) in [6, 6.07) is 17.5. The SMILES string of the molecule is CCC(=O)N[C@H](Cc1ccc(CNC(=O)C(NC(=O)c2ccnn2C)C2CCC(F)(F)CC2)cc1)C(=O)N1CCN(Cc2ccccc2)CC1. The Morgan fingerprint density at radius 1 is 0.880 bits per heavy atom. The minimum atomic E-state index is -2.77. The van der Waals surface area contributed by atoms with E-state index >= 15 is 0 Å². The first kappa shape index (κ1) is 36.6. The lowest BCUT2D eigenvalue weighted by atomic mass is 9.81. The highest BCUT2D eigenvalue weighted by molar-refractivity contribution is 5.96. The summed E-state index contributed by atoms with van der Waals surface area (Å²) in [5, 5.41) is 12.5. The smallest absolute Gasteiger partial charge is 0.270 e. The summed E-state index contributed by atoms with van der Waals surface area (Å²) in [7, 11) is 1.61. The van der Waals surface area contributed by atoms with Gasteiger partial charge < -0.3 is 20.9 Å². The van der Waals surface area contributed by atoms with Crippen LogP contribution in [0, 0.1) is 5.92 Å². The summed E-state index contributed by atoms with van der Waals surface area (Å²) in [6.45, 7) is 5.38. The molecule has 13 heteroatoms. The van der Waals surface area contributed by atoms with Crippen molar-refractivity contribution in [1.29, 1.82) is 0 Å². The van der Waals surface area contributed by atoms with Crippen LogP contribution >= 0.6 is 0 Å². The normalized spacial score (nSPS) is 17.8. The third kappa shape index (κ3) is 9.96. The van der Waals surface area contributed by atoms with Gasteiger partial charge in [0.05, 0.1) is 0 Å². The van der Waals surface area contributed by atoms with E-state index < -0.39 is 35.7 Å². The Bertz CT molecular complexity index is 1600. The minimum absolute atomic E-state index is 0.109. The Morgan fingerprint density at radius 3 is 2.16 bits per heavy atom. The van der Waals surface area contributed by atoms with Gasteiger partial charge >= 0.3 is 0 Å². The molecule has 2 fully saturated rings. The van der Waals surface area contributed by atoms with E-state index in [1.807, 2.05) is 47.4 Å². The number of nitrogens with zero attached hydrogens (tertiary/aromatic N) is 4. The van der Waals surface area contributed by atoms with Crippen LogP contribution in [0.2, 0.25) is 0 Å². The number of amides is 4. The summed E-state index contributed by atoms with van der Waals surface area (Å²) < 4.78 is 29.2. The van der Waals surface area contributed by atoms with Crippen molar-refractivity contribution in [2.24, 2.45) is 13.0 Å². The molecule has 5 rings (SSSR count). The van der Waals surface area contributed by atoms with E-state index in [1.54, 1.807) is 14.0 Å². The standard InChI is InChI=1S/C37H47F2N7O4/c1-3-32(47)42-30(36(50)46-21-19-45(20-22-46)25-28-7-5-4-6-8-28)23-26-9-11-27(12-10-26)24-40-35(49)33(29-13-16-37(38,39)17-14-29)43-34(48)31-15-18-41-44(31)2/h4-12,15,18,29-30,33H,3,13-14,16-17,19-25H2,1-2H3,(H,40,49)(H,42,47)(H,43,48)/t30-,33?/m1/s1. The monoisotopic (exact) mass is 691 g/mol. The molecule has 1 unspecified atom stereocenters. The fourth-order valence-corrected chi connectivity index (χ4v) is 6.62. The van der Waals surface area contributed by atoms with Crippen molar-refractivity contribution in [3.8, 4) is 0 Å². The zero-order valence-corrected chi connectivity index (χ0v) is 28.7. The van der Waals surface area contributed by atoms with E-state index in [1.165, 1.54) is 22.5 Å². The van der Waals surface area contributed by atoms with Gasteiger partial charge in [-0.05, 0) is 41.5 Å². The molecular formula is C37H47F2N7O4. The summed E-state index contributed by atoms with van der Waals surface area (Å²) >= 11 is 0. The first-order valence-corrected chi connectivity index (χ1v) is 17.4. The number of piperazine rings is 1. The van der Waals surface area contributed by atoms with Crippen LogP contribution in [0.4, 0.5) is 8.78 Å². The largest absolute Gasteiger partial charge is 0.350 e. The van der Waals surface area contributed by atoms with Crippen molar-refractivity contribution in [3.05, 3.63) is 89.2 Å². The molecule has 268 valence electrons. The number of hydrogen-bond donors (Lipinski definition) is 3. The third-order valence-electron chi connectivity index (χ3n) is 9.67. The Balaban J connectivity index is 1.17.